The Morgan fingerprint density at radius 3 is 2.69 bits per heavy atom. The third-order valence-electron chi connectivity index (χ3n) is 2.72. The van der Waals surface area contributed by atoms with Crippen molar-refractivity contribution in [2.45, 2.75) is 39.3 Å². The summed E-state index contributed by atoms with van der Waals surface area (Å²) >= 11 is 1.70. The van der Waals surface area contributed by atoms with Crippen molar-refractivity contribution in [3.63, 3.8) is 0 Å². The standard InChI is InChI=1S/C12H22N2OS/c1-9(2)11(5-7-15-4)14-10(3)12-13-6-8-16-12/h6,8-11,14H,5,7H2,1-4H3. The lowest BCUT2D eigenvalue weighted by molar-refractivity contribution is 0.170. The fourth-order valence-electron chi connectivity index (χ4n) is 1.69. The molecule has 4 heteroatoms. The monoisotopic (exact) mass is 242 g/mol. The number of thiazole rings is 1. The van der Waals surface area contributed by atoms with Crippen LogP contribution in [0.3, 0.4) is 0 Å². The van der Waals surface area contributed by atoms with Gasteiger partial charge in [0.15, 0.2) is 0 Å². The van der Waals surface area contributed by atoms with Crippen molar-refractivity contribution in [2.75, 3.05) is 13.7 Å². The van der Waals surface area contributed by atoms with Gasteiger partial charge in [-0.15, -0.1) is 11.3 Å². The predicted octanol–water partition coefficient (Wildman–Crippen LogP) is 2.85. The Balaban J connectivity index is 2.47. The average Bonchev–Trinajstić information content (AvgIpc) is 2.76. The summed E-state index contributed by atoms with van der Waals surface area (Å²) in [5.74, 6) is 0.609. The van der Waals surface area contributed by atoms with Gasteiger partial charge >= 0.3 is 0 Å². The molecule has 0 fully saturated rings. The fourth-order valence-corrected chi connectivity index (χ4v) is 2.35. The number of nitrogens with one attached hydrogen (secondary N) is 1. The molecule has 0 bridgehead atoms. The van der Waals surface area contributed by atoms with E-state index >= 15 is 0 Å². The molecule has 0 aliphatic carbocycles. The van der Waals surface area contributed by atoms with Crippen molar-refractivity contribution in [3.8, 4) is 0 Å². The minimum atomic E-state index is 0.323. The second-order valence-electron chi connectivity index (χ2n) is 4.39. The first-order chi connectivity index (χ1) is 7.65. The quantitative estimate of drug-likeness (QED) is 0.798. The molecule has 0 aliphatic rings. The number of methoxy groups -OCH3 is 1. The topological polar surface area (TPSA) is 34.1 Å². The molecular formula is C12H22N2OS. The maximum atomic E-state index is 5.14. The summed E-state index contributed by atoms with van der Waals surface area (Å²) < 4.78 is 5.14. The van der Waals surface area contributed by atoms with Crippen molar-refractivity contribution in [3.05, 3.63) is 16.6 Å². The lowest BCUT2D eigenvalue weighted by Crippen LogP contribution is -2.36. The van der Waals surface area contributed by atoms with Crippen LogP contribution in [-0.4, -0.2) is 24.7 Å². The molecule has 16 heavy (non-hydrogen) atoms. The molecule has 1 rings (SSSR count). The number of hydrogen-bond acceptors (Lipinski definition) is 4. The van der Waals surface area contributed by atoms with E-state index in [4.69, 9.17) is 4.74 Å². The van der Waals surface area contributed by atoms with Crippen LogP contribution in [0.1, 0.15) is 38.2 Å². The van der Waals surface area contributed by atoms with Crippen LogP contribution in [0.5, 0.6) is 0 Å². The summed E-state index contributed by atoms with van der Waals surface area (Å²) in [4.78, 5) is 4.33. The van der Waals surface area contributed by atoms with Crippen molar-refractivity contribution >= 4 is 11.3 Å². The van der Waals surface area contributed by atoms with Gasteiger partial charge in [-0.3, -0.25) is 0 Å². The molecule has 0 aliphatic heterocycles. The van der Waals surface area contributed by atoms with Gasteiger partial charge in [0.1, 0.15) is 5.01 Å². The Morgan fingerprint density at radius 2 is 2.19 bits per heavy atom. The number of rotatable bonds is 7. The molecule has 92 valence electrons. The number of ether oxygens (including phenoxy) is 1. The smallest absolute Gasteiger partial charge is 0.109 e. The normalized spacial score (nSPS) is 15.3. The Labute approximate surface area is 102 Å². The lowest BCUT2D eigenvalue weighted by atomic mass is 10.0. The minimum absolute atomic E-state index is 0.323. The highest BCUT2D eigenvalue weighted by molar-refractivity contribution is 7.09. The zero-order chi connectivity index (χ0) is 12.0. The van der Waals surface area contributed by atoms with Crippen LogP contribution in [0.25, 0.3) is 0 Å². The van der Waals surface area contributed by atoms with Crippen molar-refractivity contribution in [2.24, 2.45) is 5.92 Å². The third-order valence-corrected chi connectivity index (χ3v) is 3.68. The Kier molecular flexibility index (Phi) is 5.95. The summed E-state index contributed by atoms with van der Waals surface area (Å²) in [5.41, 5.74) is 0. The first-order valence-corrected chi connectivity index (χ1v) is 6.67. The van der Waals surface area contributed by atoms with Gasteiger partial charge in [0.2, 0.25) is 0 Å². The predicted molar refractivity (Wildman–Crippen MR) is 68.8 cm³/mol. The lowest BCUT2D eigenvalue weighted by Gasteiger charge is -2.25. The Bertz CT molecular complexity index is 275. The van der Waals surface area contributed by atoms with Crippen molar-refractivity contribution < 1.29 is 4.74 Å². The highest BCUT2D eigenvalue weighted by Crippen LogP contribution is 2.18. The molecule has 0 spiro atoms. The SMILES string of the molecule is COCCC(NC(C)c1nccs1)C(C)C. The molecule has 0 amide bonds. The summed E-state index contributed by atoms with van der Waals surface area (Å²) in [5, 5.41) is 6.80. The largest absolute Gasteiger partial charge is 0.385 e. The van der Waals surface area contributed by atoms with E-state index in [0.29, 0.717) is 18.0 Å². The highest BCUT2D eigenvalue weighted by atomic mass is 32.1. The third kappa shape index (κ3) is 4.20. The van der Waals surface area contributed by atoms with Crippen LogP contribution in [0.4, 0.5) is 0 Å². The van der Waals surface area contributed by atoms with Crippen molar-refractivity contribution in [1.82, 2.24) is 10.3 Å². The molecular weight excluding hydrogens is 220 g/mol. The van der Waals surface area contributed by atoms with Gasteiger partial charge in [-0.1, -0.05) is 13.8 Å². The Morgan fingerprint density at radius 1 is 1.44 bits per heavy atom. The first kappa shape index (κ1) is 13.6. The van der Waals surface area contributed by atoms with E-state index in [2.05, 4.69) is 31.1 Å². The van der Waals surface area contributed by atoms with Crippen LogP contribution in [0.2, 0.25) is 0 Å². The molecule has 0 saturated heterocycles. The molecule has 0 aromatic carbocycles. The summed E-state index contributed by atoms with van der Waals surface area (Å²) in [6.45, 7) is 7.45. The molecule has 3 nitrogen and oxygen atoms in total. The van der Waals surface area contributed by atoms with Crippen LogP contribution in [0.15, 0.2) is 11.6 Å². The van der Waals surface area contributed by atoms with Gasteiger partial charge in [0.25, 0.3) is 0 Å². The van der Waals surface area contributed by atoms with Gasteiger partial charge < -0.3 is 10.1 Å². The minimum Gasteiger partial charge on any atom is -0.385 e. The highest BCUT2D eigenvalue weighted by Gasteiger charge is 2.17. The number of aromatic nitrogens is 1. The average molecular weight is 242 g/mol. The van der Waals surface area contributed by atoms with Crippen molar-refractivity contribution in [1.29, 1.82) is 0 Å². The molecule has 2 unspecified atom stereocenters. The van der Waals surface area contributed by atoms with Gasteiger partial charge in [-0.25, -0.2) is 4.98 Å². The first-order valence-electron chi connectivity index (χ1n) is 5.79. The van der Waals surface area contributed by atoms with Gasteiger partial charge in [-0.2, -0.15) is 0 Å². The second kappa shape index (κ2) is 6.99. The van der Waals surface area contributed by atoms with Crippen LogP contribution in [0, 0.1) is 5.92 Å². The molecule has 2 atom stereocenters. The summed E-state index contributed by atoms with van der Waals surface area (Å²) in [7, 11) is 1.75. The fraction of sp³-hybridized carbons (Fsp3) is 0.750. The van der Waals surface area contributed by atoms with Crippen LogP contribution in [-0.2, 0) is 4.74 Å². The van der Waals surface area contributed by atoms with E-state index in [1.54, 1.807) is 18.4 Å². The molecule has 0 saturated carbocycles. The molecule has 1 heterocycles. The van der Waals surface area contributed by atoms with E-state index in [1.807, 2.05) is 11.6 Å². The zero-order valence-corrected chi connectivity index (χ0v) is 11.4. The van der Waals surface area contributed by atoms with E-state index in [-0.39, 0.29) is 0 Å². The number of hydrogen-bond donors (Lipinski definition) is 1. The maximum absolute atomic E-state index is 5.14. The van der Waals surface area contributed by atoms with Crippen LogP contribution >= 0.6 is 11.3 Å². The van der Waals surface area contributed by atoms with E-state index in [0.717, 1.165) is 18.0 Å². The van der Waals surface area contributed by atoms with Gasteiger partial charge in [0, 0.05) is 31.3 Å². The van der Waals surface area contributed by atoms with E-state index < -0.39 is 0 Å². The molecule has 1 N–H and O–H groups in total. The molecule has 0 radical (unpaired) electrons. The van der Waals surface area contributed by atoms with E-state index in [9.17, 15) is 0 Å². The molecule has 1 aromatic heterocycles. The zero-order valence-electron chi connectivity index (χ0n) is 10.6. The summed E-state index contributed by atoms with van der Waals surface area (Å²) in [6, 6.07) is 0.808. The van der Waals surface area contributed by atoms with Gasteiger partial charge in [-0.05, 0) is 19.3 Å². The Hall–Kier alpha value is -0.450. The summed E-state index contributed by atoms with van der Waals surface area (Å²) in [6.07, 6.45) is 2.90. The number of nitrogens with zero attached hydrogens (tertiary/aromatic N) is 1. The maximum Gasteiger partial charge on any atom is 0.109 e. The van der Waals surface area contributed by atoms with Crippen LogP contribution < -0.4 is 5.32 Å². The molecule has 1 aromatic rings. The second-order valence-corrected chi connectivity index (χ2v) is 5.32. The van der Waals surface area contributed by atoms with E-state index in [1.165, 1.54) is 0 Å². The van der Waals surface area contributed by atoms with Gasteiger partial charge in [0.05, 0.1) is 6.04 Å².